The van der Waals surface area contributed by atoms with Crippen molar-refractivity contribution in [2.24, 2.45) is 0 Å². The Bertz CT molecular complexity index is 842. The monoisotopic (exact) mass is 452 g/mol. The molecule has 0 atom stereocenters. The Morgan fingerprint density at radius 2 is 1.70 bits per heavy atom. The van der Waals surface area contributed by atoms with Crippen LogP contribution in [0.1, 0.15) is 24.2 Å². The lowest BCUT2D eigenvalue weighted by Gasteiger charge is -2.16. The topological polar surface area (TPSA) is 68.8 Å². The highest BCUT2D eigenvalue weighted by Crippen LogP contribution is 2.29. The average Bonchev–Trinajstić information content (AvgIpc) is 2.62. The SMILES string of the molecule is COc1ccc(NC(=S)NC(=O)c2cc(Br)ccc2OC(C)C)cc1OC. The standard InChI is InChI=1S/C19H21BrN2O4S/c1-11(2)26-15-7-5-12(20)9-14(15)18(23)22-19(27)21-13-6-8-16(24-3)17(10-13)25-4/h5-11H,1-4H3,(H2,21,22,23,27). The number of thiocarbonyl (C=S) groups is 1. The van der Waals surface area contributed by atoms with Gasteiger partial charge in [0.25, 0.3) is 5.91 Å². The Labute approximate surface area is 172 Å². The lowest BCUT2D eigenvalue weighted by molar-refractivity contribution is 0.0972. The first kappa shape index (κ1) is 21.0. The molecule has 1 amide bonds. The lowest BCUT2D eigenvalue weighted by atomic mass is 10.2. The van der Waals surface area contributed by atoms with E-state index in [2.05, 4.69) is 26.6 Å². The maximum Gasteiger partial charge on any atom is 0.261 e. The molecular weight excluding hydrogens is 432 g/mol. The number of benzene rings is 2. The van der Waals surface area contributed by atoms with E-state index in [1.807, 2.05) is 19.9 Å². The molecular formula is C19H21BrN2O4S. The Morgan fingerprint density at radius 3 is 2.33 bits per heavy atom. The van der Waals surface area contributed by atoms with Gasteiger partial charge in [-0.1, -0.05) is 15.9 Å². The number of methoxy groups -OCH3 is 2. The molecule has 0 saturated heterocycles. The molecule has 2 rings (SSSR count). The van der Waals surface area contributed by atoms with Crippen LogP contribution in [0.3, 0.4) is 0 Å². The zero-order chi connectivity index (χ0) is 20.0. The molecule has 0 aliphatic rings. The van der Waals surface area contributed by atoms with Crippen LogP contribution in [0.15, 0.2) is 40.9 Å². The highest BCUT2D eigenvalue weighted by Gasteiger charge is 2.16. The van der Waals surface area contributed by atoms with Gasteiger partial charge in [-0.15, -0.1) is 0 Å². The van der Waals surface area contributed by atoms with Gasteiger partial charge < -0.3 is 19.5 Å². The summed E-state index contributed by atoms with van der Waals surface area (Å²) in [6.07, 6.45) is -0.0606. The van der Waals surface area contributed by atoms with Crippen LogP contribution in [-0.4, -0.2) is 31.3 Å². The fraction of sp³-hybridized carbons (Fsp3) is 0.263. The summed E-state index contributed by atoms with van der Waals surface area (Å²) in [6, 6.07) is 10.5. The molecule has 2 N–H and O–H groups in total. The number of amides is 1. The quantitative estimate of drug-likeness (QED) is 0.633. The average molecular weight is 453 g/mol. The molecule has 0 aliphatic carbocycles. The summed E-state index contributed by atoms with van der Waals surface area (Å²) in [6.45, 7) is 3.79. The van der Waals surface area contributed by atoms with Crippen LogP contribution in [0, 0.1) is 0 Å². The summed E-state index contributed by atoms with van der Waals surface area (Å²) < 4.78 is 16.9. The van der Waals surface area contributed by atoms with Crippen molar-refractivity contribution < 1.29 is 19.0 Å². The minimum absolute atomic E-state index is 0.0606. The Hall–Kier alpha value is -2.32. The van der Waals surface area contributed by atoms with Gasteiger partial charge in [-0.05, 0) is 56.4 Å². The maximum absolute atomic E-state index is 12.6. The van der Waals surface area contributed by atoms with Crippen molar-refractivity contribution >= 4 is 44.9 Å². The van der Waals surface area contributed by atoms with E-state index in [1.54, 1.807) is 44.6 Å². The van der Waals surface area contributed by atoms with E-state index in [-0.39, 0.29) is 17.1 Å². The number of rotatable bonds is 6. The van der Waals surface area contributed by atoms with Crippen LogP contribution in [0.25, 0.3) is 0 Å². The zero-order valence-corrected chi connectivity index (χ0v) is 17.9. The van der Waals surface area contributed by atoms with E-state index in [1.165, 1.54) is 0 Å². The normalized spacial score (nSPS) is 10.3. The minimum atomic E-state index is -0.370. The first-order chi connectivity index (χ1) is 12.8. The third-order valence-electron chi connectivity index (χ3n) is 3.42. The van der Waals surface area contributed by atoms with Gasteiger partial charge in [0.1, 0.15) is 5.75 Å². The van der Waals surface area contributed by atoms with Crippen LogP contribution in [-0.2, 0) is 0 Å². The third-order valence-corrected chi connectivity index (χ3v) is 4.11. The molecule has 2 aromatic rings. The maximum atomic E-state index is 12.6. The van der Waals surface area contributed by atoms with Crippen LogP contribution >= 0.6 is 28.1 Å². The van der Waals surface area contributed by atoms with Gasteiger partial charge in [0.2, 0.25) is 0 Å². The molecule has 0 unspecified atom stereocenters. The molecule has 6 nitrogen and oxygen atoms in total. The molecule has 0 radical (unpaired) electrons. The van der Waals surface area contributed by atoms with Crippen LogP contribution in [0.5, 0.6) is 17.2 Å². The molecule has 0 aromatic heterocycles. The number of ether oxygens (including phenoxy) is 3. The molecule has 0 heterocycles. The molecule has 0 saturated carbocycles. The van der Waals surface area contributed by atoms with Gasteiger partial charge in [0, 0.05) is 16.2 Å². The number of hydrogen-bond donors (Lipinski definition) is 2. The molecule has 144 valence electrons. The summed E-state index contributed by atoms with van der Waals surface area (Å²) in [5, 5.41) is 5.77. The number of anilines is 1. The van der Waals surface area contributed by atoms with Crippen LogP contribution in [0.4, 0.5) is 5.69 Å². The molecule has 2 aromatic carbocycles. The molecule has 0 spiro atoms. The summed E-state index contributed by atoms with van der Waals surface area (Å²) in [5.41, 5.74) is 1.04. The predicted octanol–water partition coefficient (Wildman–Crippen LogP) is 4.38. The van der Waals surface area contributed by atoms with Gasteiger partial charge in [0.05, 0.1) is 25.9 Å². The predicted molar refractivity (Wildman–Crippen MR) is 113 cm³/mol. The van der Waals surface area contributed by atoms with Gasteiger partial charge in [-0.3, -0.25) is 10.1 Å². The first-order valence-corrected chi connectivity index (χ1v) is 9.34. The third kappa shape index (κ3) is 5.83. The largest absolute Gasteiger partial charge is 0.493 e. The zero-order valence-electron chi connectivity index (χ0n) is 15.5. The summed E-state index contributed by atoms with van der Waals surface area (Å²) in [4.78, 5) is 12.6. The van der Waals surface area contributed by atoms with Crippen molar-refractivity contribution in [3.05, 3.63) is 46.4 Å². The lowest BCUT2D eigenvalue weighted by Crippen LogP contribution is -2.34. The number of carbonyl (C=O) groups is 1. The Balaban J connectivity index is 2.12. The second-order valence-corrected chi connectivity index (χ2v) is 7.11. The highest BCUT2D eigenvalue weighted by atomic mass is 79.9. The smallest absolute Gasteiger partial charge is 0.261 e. The number of nitrogens with one attached hydrogen (secondary N) is 2. The van der Waals surface area contributed by atoms with Gasteiger partial charge >= 0.3 is 0 Å². The van der Waals surface area contributed by atoms with Crippen molar-refractivity contribution in [2.45, 2.75) is 20.0 Å². The van der Waals surface area contributed by atoms with E-state index in [0.29, 0.717) is 28.5 Å². The summed E-state index contributed by atoms with van der Waals surface area (Å²) >= 11 is 8.62. The van der Waals surface area contributed by atoms with Gasteiger partial charge in [-0.2, -0.15) is 0 Å². The second kappa shape index (κ2) is 9.57. The molecule has 8 heteroatoms. The highest BCUT2D eigenvalue weighted by molar-refractivity contribution is 9.10. The number of halogens is 1. The Morgan fingerprint density at radius 1 is 1.04 bits per heavy atom. The van der Waals surface area contributed by atoms with Crippen LogP contribution < -0.4 is 24.8 Å². The number of hydrogen-bond acceptors (Lipinski definition) is 5. The van der Waals surface area contributed by atoms with Gasteiger partial charge in [-0.25, -0.2) is 0 Å². The van der Waals surface area contributed by atoms with E-state index in [4.69, 9.17) is 26.4 Å². The summed E-state index contributed by atoms with van der Waals surface area (Å²) in [7, 11) is 3.11. The molecule has 0 aliphatic heterocycles. The molecule has 0 fully saturated rings. The van der Waals surface area contributed by atoms with Crippen molar-refractivity contribution in [3.63, 3.8) is 0 Å². The van der Waals surface area contributed by atoms with Crippen molar-refractivity contribution in [2.75, 3.05) is 19.5 Å². The second-order valence-electron chi connectivity index (χ2n) is 5.79. The van der Waals surface area contributed by atoms with Crippen LogP contribution in [0.2, 0.25) is 0 Å². The van der Waals surface area contributed by atoms with Crippen molar-refractivity contribution in [1.82, 2.24) is 5.32 Å². The summed E-state index contributed by atoms with van der Waals surface area (Å²) in [5.74, 6) is 1.27. The molecule has 27 heavy (non-hydrogen) atoms. The minimum Gasteiger partial charge on any atom is -0.493 e. The first-order valence-electron chi connectivity index (χ1n) is 8.14. The number of carbonyl (C=O) groups excluding carboxylic acids is 1. The fourth-order valence-electron chi connectivity index (χ4n) is 2.28. The Kier molecular flexibility index (Phi) is 7.44. The molecule has 0 bridgehead atoms. The van der Waals surface area contributed by atoms with E-state index in [9.17, 15) is 4.79 Å². The van der Waals surface area contributed by atoms with E-state index in [0.717, 1.165) is 4.47 Å². The van der Waals surface area contributed by atoms with Crippen molar-refractivity contribution in [1.29, 1.82) is 0 Å². The van der Waals surface area contributed by atoms with Crippen molar-refractivity contribution in [3.8, 4) is 17.2 Å². The van der Waals surface area contributed by atoms with E-state index >= 15 is 0 Å². The fourth-order valence-corrected chi connectivity index (χ4v) is 2.85. The van der Waals surface area contributed by atoms with E-state index < -0.39 is 0 Å². The van der Waals surface area contributed by atoms with Gasteiger partial charge in [0.15, 0.2) is 16.6 Å².